The summed E-state index contributed by atoms with van der Waals surface area (Å²) in [7, 11) is 3.20. The van der Waals surface area contributed by atoms with Gasteiger partial charge in [0.2, 0.25) is 0 Å². The van der Waals surface area contributed by atoms with E-state index in [1.54, 1.807) is 14.1 Å². The number of hydrogen-bond donors (Lipinski definition) is 0. The van der Waals surface area contributed by atoms with Crippen molar-refractivity contribution in [3.8, 4) is 0 Å². The van der Waals surface area contributed by atoms with Crippen molar-refractivity contribution in [1.82, 2.24) is 4.90 Å². The maximum Gasteiger partial charge on any atom is 0.285 e. The van der Waals surface area contributed by atoms with Crippen molar-refractivity contribution < 1.29 is 9.72 Å². The lowest BCUT2D eigenvalue weighted by atomic mass is 10.3. The molecule has 0 aromatic heterocycles. The van der Waals surface area contributed by atoms with Crippen LogP contribution in [0, 0.1) is 10.1 Å². The molecule has 0 unspecified atom stereocenters. The van der Waals surface area contributed by atoms with Crippen LogP contribution < -0.4 is 0 Å². The predicted octanol–water partition coefficient (Wildman–Crippen LogP) is 3.02. The molecule has 0 N–H and O–H groups in total. The van der Waals surface area contributed by atoms with Gasteiger partial charge in [-0.2, -0.15) is 0 Å². The average Bonchev–Trinajstić information content (AvgIpc) is 2.20. The first kappa shape index (κ1) is 12.8. The SMILES string of the molecule is CN(C)C(=O)Sc1cc([N+](=O)[O-])ccc1Cl. The summed E-state index contributed by atoms with van der Waals surface area (Å²) in [6, 6.07) is 3.99. The third-order valence-electron chi connectivity index (χ3n) is 1.69. The van der Waals surface area contributed by atoms with Crippen molar-refractivity contribution in [2.45, 2.75) is 4.90 Å². The summed E-state index contributed by atoms with van der Waals surface area (Å²) in [5.74, 6) is 0. The van der Waals surface area contributed by atoms with Crippen LogP contribution >= 0.6 is 23.4 Å². The Morgan fingerprint density at radius 3 is 2.62 bits per heavy atom. The number of rotatable bonds is 2. The zero-order chi connectivity index (χ0) is 12.3. The second-order valence-electron chi connectivity index (χ2n) is 3.13. The molecule has 0 aliphatic carbocycles. The van der Waals surface area contributed by atoms with Crippen molar-refractivity contribution in [3.05, 3.63) is 33.3 Å². The molecule has 0 spiro atoms. The molecule has 86 valence electrons. The molecule has 0 aliphatic heterocycles. The Bertz CT molecular complexity index is 437. The molecule has 0 aliphatic rings. The fourth-order valence-electron chi connectivity index (χ4n) is 0.869. The minimum absolute atomic E-state index is 0.0848. The molecule has 0 saturated carbocycles. The monoisotopic (exact) mass is 260 g/mol. The summed E-state index contributed by atoms with van der Waals surface area (Å²) in [5.41, 5.74) is -0.0848. The summed E-state index contributed by atoms with van der Waals surface area (Å²) in [4.78, 5) is 23.2. The molecule has 5 nitrogen and oxygen atoms in total. The first-order valence-electron chi connectivity index (χ1n) is 4.25. The van der Waals surface area contributed by atoms with Crippen LogP contribution in [0.2, 0.25) is 5.02 Å². The minimum Gasteiger partial charge on any atom is -0.339 e. The van der Waals surface area contributed by atoms with E-state index in [1.807, 2.05) is 0 Å². The van der Waals surface area contributed by atoms with Crippen LogP contribution in [0.4, 0.5) is 10.5 Å². The van der Waals surface area contributed by atoms with Crippen molar-refractivity contribution in [2.24, 2.45) is 0 Å². The molecule has 1 amide bonds. The second kappa shape index (κ2) is 5.18. The van der Waals surface area contributed by atoms with Gasteiger partial charge in [-0.25, -0.2) is 0 Å². The quantitative estimate of drug-likeness (QED) is 0.466. The zero-order valence-electron chi connectivity index (χ0n) is 8.64. The molecule has 0 saturated heterocycles. The number of non-ortho nitro benzene ring substituents is 1. The topological polar surface area (TPSA) is 63.5 Å². The number of benzene rings is 1. The van der Waals surface area contributed by atoms with Crippen LogP contribution in [0.3, 0.4) is 0 Å². The second-order valence-corrected chi connectivity index (χ2v) is 4.53. The van der Waals surface area contributed by atoms with E-state index in [0.717, 1.165) is 11.8 Å². The van der Waals surface area contributed by atoms with Gasteiger partial charge in [-0.3, -0.25) is 14.9 Å². The number of carbonyl (C=O) groups is 1. The fourth-order valence-corrected chi connectivity index (χ4v) is 1.82. The Morgan fingerprint density at radius 2 is 2.12 bits per heavy atom. The standard InChI is InChI=1S/C9H9ClN2O3S/c1-11(2)9(13)16-8-5-6(12(14)15)3-4-7(8)10/h3-5H,1-2H3. The molecule has 0 fully saturated rings. The Labute approximate surface area is 102 Å². The lowest BCUT2D eigenvalue weighted by molar-refractivity contribution is -0.385. The molecule has 16 heavy (non-hydrogen) atoms. The van der Waals surface area contributed by atoms with E-state index in [2.05, 4.69) is 0 Å². The lowest BCUT2D eigenvalue weighted by Crippen LogP contribution is -2.16. The van der Waals surface area contributed by atoms with Gasteiger partial charge < -0.3 is 4.90 Å². The maximum absolute atomic E-state index is 11.4. The van der Waals surface area contributed by atoms with Crippen LogP contribution in [-0.4, -0.2) is 29.2 Å². The average molecular weight is 261 g/mol. The number of nitrogens with zero attached hydrogens (tertiary/aromatic N) is 2. The van der Waals surface area contributed by atoms with E-state index in [-0.39, 0.29) is 10.9 Å². The van der Waals surface area contributed by atoms with Gasteiger partial charge in [0.05, 0.1) is 9.95 Å². The molecule has 0 bridgehead atoms. The van der Waals surface area contributed by atoms with Crippen LogP contribution in [0.1, 0.15) is 0 Å². The highest BCUT2D eigenvalue weighted by atomic mass is 35.5. The van der Waals surface area contributed by atoms with Crippen LogP contribution in [-0.2, 0) is 0 Å². The number of amides is 1. The Hall–Kier alpha value is -1.27. The summed E-state index contributed by atoms with van der Waals surface area (Å²) >= 11 is 6.70. The molecule has 1 rings (SSSR count). The van der Waals surface area contributed by atoms with Gasteiger partial charge in [-0.1, -0.05) is 11.6 Å². The molecular weight excluding hydrogens is 252 g/mol. The molecule has 1 aromatic carbocycles. The Morgan fingerprint density at radius 1 is 1.50 bits per heavy atom. The van der Waals surface area contributed by atoms with Gasteiger partial charge in [-0.15, -0.1) is 0 Å². The molecular formula is C9H9ClN2O3S. The summed E-state index contributed by atoms with van der Waals surface area (Å²) in [6.07, 6.45) is 0. The molecule has 1 aromatic rings. The number of halogens is 1. The molecule has 0 heterocycles. The largest absolute Gasteiger partial charge is 0.339 e. The highest BCUT2D eigenvalue weighted by Crippen LogP contribution is 2.31. The van der Waals surface area contributed by atoms with Gasteiger partial charge in [-0.05, 0) is 17.8 Å². The number of hydrogen-bond acceptors (Lipinski definition) is 4. The smallest absolute Gasteiger partial charge is 0.285 e. The van der Waals surface area contributed by atoms with E-state index in [4.69, 9.17) is 11.6 Å². The van der Waals surface area contributed by atoms with E-state index < -0.39 is 4.92 Å². The third kappa shape index (κ3) is 3.11. The van der Waals surface area contributed by atoms with Crippen LogP contribution in [0.25, 0.3) is 0 Å². The highest BCUT2D eigenvalue weighted by molar-refractivity contribution is 8.13. The normalized spacial score (nSPS) is 9.94. The number of thioether (sulfide) groups is 1. The van der Waals surface area contributed by atoms with Crippen molar-refractivity contribution in [1.29, 1.82) is 0 Å². The first-order valence-corrected chi connectivity index (χ1v) is 5.44. The molecule has 0 atom stereocenters. The summed E-state index contributed by atoms with van der Waals surface area (Å²) in [6.45, 7) is 0. The first-order chi connectivity index (χ1) is 7.41. The third-order valence-corrected chi connectivity index (χ3v) is 3.23. The fraction of sp³-hybridized carbons (Fsp3) is 0.222. The van der Waals surface area contributed by atoms with Crippen molar-refractivity contribution in [3.63, 3.8) is 0 Å². The van der Waals surface area contributed by atoms with E-state index in [9.17, 15) is 14.9 Å². The van der Waals surface area contributed by atoms with E-state index in [1.165, 1.54) is 23.1 Å². The van der Waals surface area contributed by atoms with Crippen molar-refractivity contribution in [2.75, 3.05) is 14.1 Å². The minimum atomic E-state index is -0.527. The van der Waals surface area contributed by atoms with E-state index >= 15 is 0 Å². The van der Waals surface area contributed by atoms with Crippen LogP contribution in [0.5, 0.6) is 0 Å². The zero-order valence-corrected chi connectivity index (χ0v) is 10.2. The number of carbonyl (C=O) groups excluding carboxylic acids is 1. The van der Waals surface area contributed by atoms with Crippen LogP contribution in [0.15, 0.2) is 23.1 Å². The van der Waals surface area contributed by atoms with E-state index in [0.29, 0.717) is 9.92 Å². The van der Waals surface area contributed by atoms with Gasteiger partial charge in [0.25, 0.3) is 10.9 Å². The van der Waals surface area contributed by atoms with Gasteiger partial charge in [0, 0.05) is 31.1 Å². The Kier molecular flexibility index (Phi) is 4.14. The Balaban J connectivity index is 2.99. The molecule has 0 radical (unpaired) electrons. The lowest BCUT2D eigenvalue weighted by Gasteiger charge is -2.09. The predicted molar refractivity (Wildman–Crippen MR) is 63.0 cm³/mol. The number of nitro benzene ring substituents is 1. The summed E-state index contributed by atoms with van der Waals surface area (Å²) < 4.78 is 0. The maximum atomic E-state index is 11.4. The number of nitro groups is 1. The highest BCUT2D eigenvalue weighted by Gasteiger charge is 2.14. The van der Waals surface area contributed by atoms with Gasteiger partial charge >= 0.3 is 0 Å². The van der Waals surface area contributed by atoms with Gasteiger partial charge in [0.1, 0.15) is 0 Å². The van der Waals surface area contributed by atoms with Gasteiger partial charge in [0.15, 0.2) is 0 Å². The summed E-state index contributed by atoms with van der Waals surface area (Å²) in [5, 5.41) is 10.6. The molecule has 7 heteroatoms. The van der Waals surface area contributed by atoms with Crippen molar-refractivity contribution >= 4 is 34.3 Å².